The normalized spacial score (nSPS) is 28.6. The van der Waals surface area contributed by atoms with Crippen molar-refractivity contribution in [3.05, 3.63) is 12.3 Å². The first-order valence-corrected chi connectivity index (χ1v) is 13.5. The Hall–Kier alpha value is -0.220. The van der Waals surface area contributed by atoms with Gasteiger partial charge in [0.1, 0.15) is 11.5 Å². The first-order chi connectivity index (χ1) is 13.6. The number of amides is 1. The molecule has 0 aromatic carbocycles. The third kappa shape index (κ3) is 9.10. The van der Waals surface area contributed by atoms with Crippen LogP contribution in [0.2, 0.25) is 0 Å². The predicted octanol–water partition coefficient (Wildman–Crippen LogP) is -0.988. The van der Waals surface area contributed by atoms with Crippen molar-refractivity contribution in [1.82, 2.24) is 10.2 Å². The maximum atomic E-state index is 11.7. The minimum atomic E-state index is -5.67. The van der Waals surface area contributed by atoms with E-state index in [1.165, 1.54) is 18.1 Å². The van der Waals surface area contributed by atoms with E-state index in [9.17, 15) is 33.6 Å². The Kier molecular flexibility index (Phi) is 10.3. The molecule has 0 aliphatic carbocycles. The van der Waals surface area contributed by atoms with Gasteiger partial charge in [0.2, 0.25) is 5.91 Å². The van der Waals surface area contributed by atoms with E-state index < -0.39 is 58.8 Å². The average Bonchev–Trinajstić information content (AvgIpc) is 2.85. The summed E-state index contributed by atoms with van der Waals surface area (Å²) in [4.78, 5) is 48.0. The van der Waals surface area contributed by atoms with Crippen LogP contribution in [-0.4, -0.2) is 82.6 Å². The van der Waals surface area contributed by atoms with Crippen molar-refractivity contribution in [1.29, 1.82) is 0 Å². The fourth-order valence-electron chi connectivity index (χ4n) is 2.00. The van der Waals surface area contributed by atoms with Crippen molar-refractivity contribution in [2.75, 3.05) is 13.7 Å². The highest BCUT2D eigenvalue weighted by molar-refractivity contribution is 8.01. The van der Waals surface area contributed by atoms with Gasteiger partial charge in [-0.25, -0.2) is 13.7 Å². The van der Waals surface area contributed by atoms with E-state index in [0.29, 0.717) is 0 Å². The average molecular weight is 532 g/mol. The van der Waals surface area contributed by atoms with Gasteiger partial charge < -0.3 is 40.0 Å². The zero-order chi connectivity index (χ0) is 23.3. The van der Waals surface area contributed by atoms with Gasteiger partial charge in [-0.3, -0.25) is 9.32 Å². The second-order valence-electron chi connectivity index (χ2n) is 5.42. The third-order valence-electron chi connectivity index (χ3n) is 3.22. The van der Waals surface area contributed by atoms with Crippen molar-refractivity contribution >= 4 is 58.8 Å². The van der Waals surface area contributed by atoms with Crippen LogP contribution in [0.4, 0.5) is 0 Å². The molecule has 1 heterocycles. The maximum Gasteiger partial charge on any atom is 0.490 e. The predicted molar refractivity (Wildman–Crippen MR) is 106 cm³/mol. The van der Waals surface area contributed by atoms with Gasteiger partial charge in [-0.1, -0.05) is 12.2 Å². The molecule has 0 spiro atoms. The van der Waals surface area contributed by atoms with Crippen LogP contribution < -0.4 is 5.32 Å². The number of thiocarbonyl (C=S) groups is 1. The summed E-state index contributed by atoms with van der Waals surface area (Å²) in [7, 11) is -15.2. The molecule has 1 aliphatic heterocycles. The molecule has 0 aromatic rings. The summed E-state index contributed by atoms with van der Waals surface area (Å²) in [6, 6.07) is 0. The Labute approximate surface area is 179 Å². The first-order valence-electron chi connectivity index (χ1n) is 7.53. The summed E-state index contributed by atoms with van der Waals surface area (Å²) in [6.07, 6.45) is -0.636. The summed E-state index contributed by atoms with van der Waals surface area (Å²) in [5, 5.41) is 20.6. The number of hydrogen-bond acceptors (Lipinski definition) is 11. The monoisotopic (exact) mass is 532 g/mol. The van der Waals surface area contributed by atoms with Crippen molar-refractivity contribution in [2.45, 2.75) is 22.8 Å². The molecular formula is C10H19N2O13P3S2. The number of aliphatic hydroxyl groups excluding tert-OH is 2. The van der Waals surface area contributed by atoms with Gasteiger partial charge in [0, 0.05) is 19.3 Å². The van der Waals surface area contributed by atoms with Crippen LogP contribution in [0.3, 0.4) is 0 Å². The van der Waals surface area contributed by atoms with E-state index in [-0.39, 0.29) is 0 Å². The number of carbonyl (C=O) groups is 1. The minimum Gasteiger partial charge on any atom is -0.389 e. The highest BCUT2D eigenvalue weighted by atomic mass is 32.2. The number of phosphoric ester groups is 1. The summed E-state index contributed by atoms with van der Waals surface area (Å²) in [6.45, 7) is -0.798. The zero-order valence-electron chi connectivity index (χ0n) is 14.9. The van der Waals surface area contributed by atoms with Gasteiger partial charge >= 0.3 is 23.5 Å². The van der Waals surface area contributed by atoms with E-state index >= 15 is 0 Å². The number of thioether (sulfide) groups is 1. The molecule has 7 N–H and O–H groups in total. The molecule has 0 bridgehead atoms. The lowest BCUT2D eigenvalue weighted by Crippen LogP contribution is -2.40. The molecular weight excluding hydrogens is 513 g/mol. The summed E-state index contributed by atoms with van der Waals surface area (Å²) in [5.41, 5.74) is 1.08. The van der Waals surface area contributed by atoms with Crippen molar-refractivity contribution in [2.24, 2.45) is 0 Å². The Morgan fingerprint density at radius 2 is 1.73 bits per heavy atom. The number of phosphoric acid groups is 3. The first kappa shape index (κ1) is 27.8. The molecule has 20 heteroatoms. The number of hydrogen-bond donors (Lipinski definition) is 7. The van der Waals surface area contributed by atoms with E-state index in [2.05, 4.69) is 18.5 Å². The smallest absolute Gasteiger partial charge is 0.389 e. The van der Waals surface area contributed by atoms with Gasteiger partial charge in [-0.2, -0.15) is 8.62 Å². The lowest BCUT2D eigenvalue weighted by atomic mass is 10.1. The maximum absolute atomic E-state index is 11.7. The molecule has 1 aliphatic rings. The molecule has 15 nitrogen and oxygen atoms in total. The third-order valence-corrected chi connectivity index (χ3v) is 8.83. The van der Waals surface area contributed by atoms with Gasteiger partial charge in [-0.15, -0.1) is 11.8 Å². The number of carbonyl (C=O) groups excluding carboxylic acids is 1. The zero-order valence-corrected chi connectivity index (χ0v) is 19.2. The number of nitrogens with zero attached hydrogens (tertiary/aromatic N) is 1. The molecule has 1 saturated heterocycles. The molecule has 0 aromatic heterocycles. The molecule has 2 unspecified atom stereocenters. The topological polar surface area (TPSA) is 233 Å². The van der Waals surface area contributed by atoms with Gasteiger partial charge in [0.05, 0.1) is 23.5 Å². The molecule has 0 radical (unpaired) electrons. The van der Waals surface area contributed by atoms with E-state index in [1.54, 1.807) is 0 Å². The summed E-state index contributed by atoms with van der Waals surface area (Å²) in [5.74, 6) is -0.473. The number of likely N-dealkylation sites (N-methyl/N-ethyl adjacent to an activating group) is 1. The van der Waals surface area contributed by atoms with Crippen LogP contribution in [0.25, 0.3) is 0 Å². The minimum absolute atomic E-state index is 0.473. The second-order valence-corrected chi connectivity index (χ2v) is 11.4. The lowest BCUT2D eigenvalue weighted by molar-refractivity contribution is -0.116. The van der Waals surface area contributed by atoms with Crippen LogP contribution in [0.5, 0.6) is 0 Å². The Morgan fingerprint density at radius 1 is 1.13 bits per heavy atom. The van der Waals surface area contributed by atoms with E-state index in [4.69, 9.17) is 26.9 Å². The molecule has 6 atom stereocenters. The van der Waals surface area contributed by atoms with E-state index in [0.717, 1.165) is 23.3 Å². The van der Waals surface area contributed by atoms with Crippen LogP contribution in [0.15, 0.2) is 12.3 Å². The van der Waals surface area contributed by atoms with Crippen molar-refractivity contribution in [3.63, 3.8) is 0 Å². The summed E-state index contributed by atoms with van der Waals surface area (Å²) < 4.78 is 45.2. The fraction of sp³-hybridized carbons (Fsp3) is 0.600. The van der Waals surface area contributed by atoms with Crippen LogP contribution in [0, 0.1) is 0 Å². The Morgan fingerprint density at radius 3 is 2.23 bits per heavy atom. The highest BCUT2D eigenvalue weighted by Crippen LogP contribution is 2.66. The molecule has 1 amide bonds. The largest absolute Gasteiger partial charge is 0.490 e. The molecule has 1 rings (SSSR count). The molecule has 1 fully saturated rings. The second kappa shape index (κ2) is 11.1. The SMILES string of the molecule is CNC(=O)/C=C\N(C=S)[C@@H]1S[C@H](COP(=O)(O)OP(=O)(O)OP(=O)(O)O)[C@@H](O)[C@H]1O. The van der Waals surface area contributed by atoms with Gasteiger partial charge in [0.15, 0.2) is 0 Å². The molecule has 30 heavy (non-hydrogen) atoms. The van der Waals surface area contributed by atoms with Crippen LogP contribution in [-0.2, 0) is 31.6 Å². The molecule has 0 saturated carbocycles. The standard InChI is InChI=1S/C10H19N2O13P3S2/c1-11-7(13)2-3-12(5-29)10-9(15)8(14)6(30-10)4-23-27(19,20)25-28(21,22)24-26(16,17)18/h2-3,5-6,8-10,14-15H,4H2,1H3,(H,11,13)(H,19,20)(H,21,22)(H2,16,17,18)/b3-2-/t6-,8-,9-,10-/m1/s1. The number of nitrogens with one attached hydrogen (secondary N) is 1. The van der Waals surface area contributed by atoms with E-state index in [1.807, 2.05) is 0 Å². The number of rotatable bonds is 11. The van der Waals surface area contributed by atoms with Crippen LogP contribution >= 0.6 is 47.4 Å². The summed E-state index contributed by atoms with van der Waals surface area (Å²) >= 11 is 5.63. The quantitative estimate of drug-likeness (QED) is 0.0961. The Bertz CT molecular complexity index is 806. The van der Waals surface area contributed by atoms with Gasteiger partial charge in [0.25, 0.3) is 0 Å². The van der Waals surface area contributed by atoms with Gasteiger partial charge in [-0.05, 0) is 0 Å². The van der Waals surface area contributed by atoms with Crippen molar-refractivity contribution < 1.29 is 61.4 Å². The van der Waals surface area contributed by atoms with Crippen molar-refractivity contribution in [3.8, 4) is 0 Å². The number of aliphatic hydroxyl groups is 2. The van der Waals surface area contributed by atoms with Crippen LogP contribution in [0.1, 0.15) is 0 Å². The highest BCUT2D eigenvalue weighted by Gasteiger charge is 2.46. The molecule has 174 valence electrons. The fourth-order valence-corrected chi connectivity index (χ4v) is 6.84. The lowest BCUT2D eigenvalue weighted by Gasteiger charge is -2.24. The Balaban J connectivity index is 2.78.